The summed E-state index contributed by atoms with van der Waals surface area (Å²) in [5.41, 5.74) is 3.04. The van der Waals surface area contributed by atoms with Gasteiger partial charge in [0.1, 0.15) is 18.0 Å². The fourth-order valence-corrected chi connectivity index (χ4v) is 2.77. The Labute approximate surface area is 162 Å². The molecule has 8 heteroatoms. The van der Waals surface area contributed by atoms with Gasteiger partial charge in [-0.2, -0.15) is 4.98 Å². The van der Waals surface area contributed by atoms with Crippen molar-refractivity contribution in [3.8, 4) is 5.69 Å². The van der Waals surface area contributed by atoms with Gasteiger partial charge >= 0.3 is 0 Å². The number of benzene rings is 2. The van der Waals surface area contributed by atoms with Crippen LogP contribution in [0.1, 0.15) is 19.4 Å². The average molecular weight is 387 g/mol. The highest BCUT2D eigenvalue weighted by Gasteiger charge is 2.12. The van der Waals surface area contributed by atoms with E-state index in [2.05, 4.69) is 20.7 Å². The van der Waals surface area contributed by atoms with Crippen molar-refractivity contribution in [2.45, 2.75) is 32.9 Å². The molecule has 0 saturated heterocycles. The van der Waals surface area contributed by atoms with Crippen LogP contribution in [0.3, 0.4) is 0 Å². The van der Waals surface area contributed by atoms with Gasteiger partial charge in [-0.3, -0.25) is 0 Å². The molecule has 0 fully saturated rings. The minimum Gasteiger partial charge on any atom is -0.380 e. The molecule has 0 aliphatic rings. The van der Waals surface area contributed by atoms with Crippen LogP contribution in [0.2, 0.25) is 0 Å². The lowest BCUT2D eigenvalue weighted by Gasteiger charge is -2.21. The second-order valence-corrected chi connectivity index (χ2v) is 6.73. The molecule has 0 radical (unpaired) electrons. The van der Waals surface area contributed by atoms with Crippen LogP contribution in [-0.4, -0.2) is 34.0 Å². The van der Waals surface area contributed by atoms with Crippen LogP contribution < -0.4 is 10.6 Å². The first-order valence-electron chi connectivity index (χ1n) is 8.90. The summed E-state index contributed by atoms with van der Waals surface area (Å²) in [5, 5.41) is 10.8. The van der Waals surface area contributed by atoms with Crippen LogP contribution in [0, 0.1) is 18.6 Å². The molecule has 2 N–H and O–H groups in total. The van der Waals surface area contributed by atoms with Gasteiger partial charge in [0, 0.05) is 30.6 Å². The molecule has 1 unspecified atom stereocenters. The molecule has 148 valence electrons. The maximum absolute atomic E-state index is 13.4. The molecule has 0 saturated carbocycles. The molecule has 0 amide bonds. The number of aryl methyl sites for hydroxylation is 1. The lowest BCUT2D eigenvalue weighted by atomic mass is 10.1. The molecule has 0 aliphatic carbocycles. The fraction of sp³-hybridized carbons (Fsp3) is 0.300. The molecule has 2 aromatic carbocycles. The smallest absolute Gasteiger partial charge is 0.246 e. The van der Waals surface area contributed by atoms with Crippen LogP contribution in [0.5, 0.6) is 0 Å². The molecule has 28 heavy (non-hydrogen) atoms. The highest BCUT2D eigenvalue weighted by molar-refractivity contribution is 5.63. The molecule has 0 aliphatic heterocycles. The minimum atomic E-state index is -0.672. The van der Waals surface area contributed by atoms with E-state index < -0.39 is 11.6 Å². The van der Waals surface area contributed by atoms with Gasteiger partial charge in [-0.1, -0.05) is 0 Å². The van der Waals surface area contributed by atoms with E-state index in [0.29, 0.717) is 5.95 Å². The van der Waals surface area contributed by atoms with Crippen LogP contribution in [0.4, 0.5) is 26.1 Å². The summed E-state index contributed by atoms with van der Waals surface area (Å²) in [6, 6.07) is 9.24. The molecule has 0 spiro atoms. The van der Waals surface area contributed by atoms with Gasteiger partial charge < -0.3 is 15.4 Å². The van der Waals surface area contributed by atoms with Gasteiger partial charge in [-0.05, 0) is 56.7 Å². The molecule has 6 nitrogen and oxygen atoms in total. The quantitative estimate of drug-likeness (QED) is 0.628. The van der Waals surface area contributed by atoms with Crippen LogP contribution in [0.15, 0.2) is 42.7 Å². The van der Waals surface area contributed by atoms with E-state index in [1.165, 1.54) is 23.1 Å². The summed E-state index contributed by atoms with van der Waals surface area (Å²) < 4.78 is 33.5. The highest BCUT2D eigenvalue weighted by atomic mass is 19.1. The number of ether oxygens (including phenoxy) is 1. The predicted molar refractivity (Wildman–Crippen MR) is 105 cm³/mol. The molecule has 2 atom stereocenters. The maximum atomic E-state index is 13.4. The Morgan fingerprint density at radius 1 is 1.00 bits per heavy atom. The van der Waals surface area contributed by atoms with Crippen molar-refractivity contribution in [3.05, 3.63) is 59.9 Å². The zero-order valence-electron chi connectivity index (χ0n) is 16.2. The van der Waals surface area contributed by atoms with Gasteiger partial charge in [0.05, 0.1) is 11.8 Å². The molecular weight excluding hydrogens is 364 g/mol. The number of rotatable bonds is 7. The first-order chi connectivity index (χ1) is 13.3. The van der Waals surface area contributed by atoms with Crippen LogP contribution in [0.25, 0.3) is 5.69 Å². The third kappa shape index (κ3) is 4.83. The van der Waals surface area contributed by atoms with Gasteiger partial charge in [-0.25, -0.2) is 13.5 Å². The van der Waals surface area contributed by atoms with E-state index >= 15 is 0 Å². The van der Waals surface area contributed by atoms with Crippen molar-refractivity contribution in [2.24, 2.45) is 0 Å². The molecule has 1 heterocycles. The average Bonchev–Trinajstić information content (AvgIpc) is 3.08. The fourth-order valence-electron chi connectivity index (χ4n) is 2.77. The summed E-state index contributed by atoms with van der Waals surface area (Å²) >= 11 is 0. The number of halogens is 2. The second-order valence-electron chi connectivity index (χ2n) is 6.73. The van der Waals surface area contributed by atoms with Crippen molar-refractivity contribution >= 4 is 17.3 Å². The number of hydrogen-bond donors (Lipinski definition) is 2. The summed E-state index contributed by atoms with van der Waals surface area (Å²) in [4.78, 5) is 4.16. The van der Waals surface area contributed by atoms with Crippen molar-refractivity contribution < 1.29 is 13.5 Å². The topological polar surface area (TPSA) is 64.0 Å². The summed E-state index contributed by atoms with van der Waals surface area (Å²) in [6.07, 6.45) is 1.45. The summed E-state index contributed by atoms with van der Waals surface area (Å²) in [6.45, 7) is 6.03. The van der Waals surface area contributed by atoms with E-state index in [4.69, 9.17) is 4.74 Å². The number of nitrogens with zero attached hydrogens (tertiary/aromatic N) is 3. The van der Waals surface area contributed by atoms with E-state index in [0.717, 1.165) is 23.0 Å². The van der Waals surface area contributed by atoms with Crippen molar-refractivity contribution in [1.82, 2.24) is 14.8 Å². The van der Waals surface area contributed by atoms with Crippen molar-refractivity contribution in [2.75, 3.05) is 17.7 Å². The number of methoxy groups -OCH3 is 1. The van der Waals surface area contributed by atoms with Crippen molar-refractivity contribution in [3.63, 3.8) is 0 Å². The lowest BCUT2D eigenvalue weighted by Crippen LogP contribution is -2.29. The minimum absolute atomic E-state index is 0.0564. The summed E-state index contributed by atoms with van der Waals surface area (Å²) in [5.74, 6) is -1.03. The SMILES string of the molecule is COC(C)[C@H](C)Nc1cc(C)cc(Nc2ncn(-c3cc(F)cc(F)c3)n2)c1. The molecule has 0 bridgehead atoms. The first-order valence-corrected chi connectivity index (χ1v) is 8.90. The molecular formula is C20H23F2N5O. The Hall–Kier alpha value is -3.00. The zero-order chi connectivity index (χ0) is 20.3. The Balaban J connectivity index is 1.78. The second kappa shape index (κ2) is 8.35. The van der Waals surface area contributed by atoms with Crippen LogP contribution >= 0.6 is 0 Å². The van der Waals surface area contributed by atoms with Crippen molar-refractivity contribution in [1.29, 1.82) is 0 Å². The largest absolute Gasteiger partial charge is 0.380 e. The third-order valence-electron chi connectivity index (χ3n) is 4.41. The standard InChI is InChI=1S/C20H23F2N5O/c1-12-5-17(24-13(2)14(3)28-4)10-18(6-12)25-20-23-11-27(26-20)19-8-15(21)7-16(22)9-19/h5-11,13-14,24H,1-4H3,(H,25,26)/t13-,14?/m0/s1. The monoisotopic (exact) mass is 387 g/mol. The number of hydrogen-bond acceptors (Lipinski definition) is 5. The van der Waals surface area contributed by atoms with E-state index in [1.807, 2.05) is 39.0 Å². The Bertz CT molecular complexity index is 939. The zero-order valence-corrected chi connectivity index (χ0v) is 16.2. The first kappa shape index (κ1) is 19.8. The number of aromatic nitrogens is 3. The Morgan fingerprint density at radius 3 is 2.36 bits per heavy atom. The molecule has 3 aromatic rings. The normalized spacial score (nSPS) is 13.2. The van der Waals surface area contributed by atoms with Gasteiger partial charge in [0.15, 0.2) is 0 Å². The number of nitrogens with one attached hydrogen (secondary N) is 2. The van der Waals surface area contributed by atoms with E-state index in [9.17, 15) is 8.78 Å². The maximum Gasteiger partial charge on any atom is 0.246 e. The number of anilines is 3. The lowest BCUT2D eigenvalue weighted by molar-refractivity contribution is 0.106. The van der Waals surface area contributed by atoms with E-state index in [-0.39, 0.29) is 17.8 Å². The third-order valence-corrected chi connectivity index (χ3v) is 4.41. The summed E-state index contributed by atoms with van der Waals surface area (Å²) in [7, 11) is 1.68. The van der Waals surface area contributed by atoms with Gasteiger partial charge in [-0.15, -0.1) is 5.10 Å². The predicted octanol–water partition coefficient (Wildman–Crippen LogP) is 4.43. The highest BCUT2D eigenvalue weighted by Crippen LogP contribution is 2.22. The van der Waals surface area contributed by atoms with Crippen LogP contribution in [-0.2, 0) is 4.74 Å². The van der Waals surface area contributed by atoms with Gasteiger partial charge in [0.25, 0.3) is 0 Å². The van der Waals surface area contributed by atoms with Gasteiger partial charge in [0.2, 0.25) is 5.95 Å². The molecule has 3 rings (SSSR count). The molecule has 1 aromatic heterocycles. The Morgan fingerprint density at radius 2 is 1.68 bits per heavy atom. The Kier molecular flexibility index (Phi) is 5.89. The van der Waals surface area contributed by atoms with E-state index in [1.54, 1.807) is 7.11 Å².